The van der Waals surface area contributed by atoms with Crippen LogP contribution in [0.1, 0.15) is 33.5 Å². The van der Waals surface area contributed by atoms with E-state index in [4.69, 9.17) is 0 Å². The van der Waals surface area contributed by atoms with Crippen molar-refractivity contribution in [2.75, 3.05) is 6.54 Å². The van der Waals surface area contributed by atoms with Gasteiger partial charge in [-0.15, -0.1) is 0 Å². The number of hydrogen-bond acceptors (Lipinski definition) is 5. The number of carbonyl (C=O) groups excluding carboxylic acids is 1. The fraction of sp³-hybridized carbons (Fsp3) is 0.238. The summed E-state index contributed by atoms with van der Waals surface area (Å²) in [7, 11) is 0. The van der Waals surface area contributed by atoms with Gasteiger partial charge in [0.05, 0.1) is 5.69 Å². The number of phenolic OH excluding ortho intramolecular Hbond substituents is 1. The Labute approximate surface area is 162 Å². The van der Waals surface area contributed by atoms with E-state index in [0.717, 1.165) is 24.0 Å². The first-order valence-corrected chi connectivity index (χ1v) is 9.03. The number of aromatic nitrogens is 3. The second-order valence-electron chi connectivity index (χ2n) is 6.68. The number of H-pyrrole nitrogens is 1. The van der Waals surface area contributed by atoms with Gasteiger partial charge in [-0.25, -0.2) is 5.10 Å². The lowest BCUT2D eigenvalue weighted by Crippen LogP contribution is -2.31. The standard InChI is InChI=1S/C21H22N4O3/c1-13-9-16(10-14(2)19(13)26)18-11-17(21(28)25-24-18)20(27)23-8-4-6-15-5-3-7-22-12-15/h3,5,7,9-12,26H,4,6,8H2,1-2H3,(H,23,27)(H,25,28). The minimum absolute atomic E-state index is 0.00904. The summed E-state index contributed by atoms with van der Waals surface area (Å²) in [6.45, 7) is 4.02. The molecule has 1 amide bonds. The zero-order valence-corrected chi connectivity index (χ0v) is 15.8. The summed E-state index contributed by atoms with van der Waals surface area (Å²) >= 11 is 0. The number of aromatic amines is 1. The van der Waals surface area contributed by atoms with E-state index < -0.39 is 11.5 Å². The number of amides is 1. The molecule has 0 bridgehead atoms. The molecule has 0 saturated heterocycles. The Morgan fingerprint density at radius 3 is 2.64 bits per heavy atom. The second kappa shape index (κ2) is 8.47. The largest absolute Gasteiger partial charge is 0.507 e. The van der Waals surface area contributed by atoms with Gasteiger partial charge in [0, 0.05) is 24.5 Å². The lowest BCUT2D eigenvalue weighted by atomic mass is 10.0. The SMILES string of the molecule is Cc1cc(-c2cc(C(=O)NCCCc3cccnc3)c(=O)[nH]n2)cc(C)c1O. The Kier molecular flexibility index (Phi) is 5.84. The first-order chi connectivity index (χ1) is 13.5. The maximum Gasteiger partial charge on any atom is 0.277 e. The van der Waals surface area contributed by atoms with Gasteiger partial charge in [0.25, 0.3) is 11.5 Å². The predicted octanol–water partition coefficient (Wildman–Crippen LogP) is 2.52. The Balaban J connectivity index is 1.70. The molecule has 1 aromatic carbocycles. The van der Waals surface area contributed by atoms with Gasteiger partial charge in [-0.3, -0.25) is 14.6 Å². The summed E-state index contributed by atoms with van der Waals surface area (Å²) in [4.78, 5) is 28.6. The van der Waals surface area contributed by atoms with Gasteiger partial charge in [0.1, 0.15) is 11.3 Å². The summed E-state index contributed by atoms with van der Waals surface area (Å²) in [5.74, 6) is -0.219. The number of benzene rings is 1. The number of nitrogens with zero attached hydrogens (tertiary/aromatic N) is 2. The van der Waals surface area contributed by atoms with Gasteiger partial charge in [-0.05, 0) is 67.6 Å². The van der Waals surface area contributed by atoms with E-state index in [1.165, 1.54) is 6.07 Å². The van der Waals surface area contributed by atoms with Crippen LogP contribution in [-0.2, 0) is 6.42 Å². The number of hydrogen-bond donors (Lipinski definition) is 3. The van der Waals surface area contributed by atoms with Gasteiger partial charge in [-0.1, -0.05) is 6.07 Å². The number of carbonyl (C=O) groups is 1. The molecule has 0 unspecified atom stereocenters. The molecule has 3 N–H and O–H groups in total. The summed E-state index contributed by atoms with van der Waals surface area (Å²) in [5.41, 5.74) is 3.14. The molecule has 0 aliphatic rings. The molecule has 0 atom stereocenters. The van der Waals surface area contributed by atoms with Crippen LogP contribution in [0.4, 0.5) is 0 Å². The lowest BCUT2D eigenvalue weighted by Gasteiger charge is -2.09. The van der Waals surface area contributed by atoms with Crippen molar-refractivity contribution in [2.45, 2.75) is 26.7 Å². The van der Waals surface area contributed by atoms with E-state index in [9.17, 15) is 14.7 Å². The highest BCUT2D eigenvalue weighted by Gasteiger charge is 2.14. The molecule has 144 valence electrons. The van der Waals surface area contributed by atoms with Crippen LogP contribution in [0.3, 0.4) is 0 Å². The Morgan fingerprint density at radius 2 is 1.96 bits per heavy atom. The van der Waals surface area contributed by atoms with Crippen LogP contribution in [0.25, 0.3) is 11.3 Å². The monoisotopic (exact) mass is 378 g/mol. The van der Waals surface area contributed by atoms with Crippen LogP contribution < -0.4 is 10.9 Å². The summed E-state index contributed by atoms with van der Waals surface area (Å²) in [6, 6.07) is 8.85. The predicted molar refractivity (Wildman–Crippen MR) is 106 cm³/mol. The van der Waals surface area contributed by atoms with Gasteiger partial charge in [0.2, 0.25) is 0 Å². The Bertz CT molecular complexity index is 1020. The van der Waals surface area contributed by atoms with Crippen molar-refractivity contribution in [1.29, 1.82) is 0 Å². The van der Waals surface area contributed by atoms with Crippen LogP contribution in [0.2, 0.25) is 0 Å². The average molecular weight is 378 g/mol. The van der Waals surface area contributed by atoms with Gasteiger partial charge >= 0.3 is 0 Å². The van der Waals surface area contributed by atoms with Crippen LogP contribution in [0, 0.1) is 13.8 Å². The molecule has 2 heterocycles. The molecule has 28 heavy (non-hydrogen) atoms. The highest BCUT2D eigenvalue weighted by molar-refractivity contribution is 5.94. The summed E-state index contributed by atoms with van der Waals surface area (Å²) in [6.07, 6.45) is 5.04. The summed E-state index contributed by atoms with van der Waals surface area (Å²) < 4.78 is 0. The number of rotatable bonds is 6. The number of aryl methyl sites for hydroxylation is 3. The normalized spacial score (nSPS) is 10.6. The molecule has 7 heteroatoms. The third kappa shape index (κ3) is 4.43. The Hall–Kier alpha value is -3.48. The number of pyridine rings is 1. The highest BCUT2D eigenvalue weighted by atomic mass is 16.3. The van der Waals surface area contributed by atoms with Gasteiger partial charge in [-0.2, -0.15) is 5.10 Å². The summed E-state index contributed by atoms with van der Waals surface area (Å²) in [5, 5.41) is 19.1. The molecule has 0 aliphatic heterocycles. The molecule has 0 fully saturated rings. The zero-order chi connectivity index (χ0) is 20.1. The van der Waals surface area contributed by atoms with Crippen molar-refractivity contribution in [2.24, 2.45) is 0 Å². The first kappa shape index (κ1) is 19.3. The smallest absolute Gasteiger partial charge is 0.277 e. The number of aromatic hydroxyl groups is 1. The topological polar surface area (TPSA) is 108 Å². The third-order valence-corrected chi connectivity index (χ3v) is 4.49. The van der Waals surface area contributed by atoms with Crippen LogP contribution in [0.5, 0.6) is 5.75 Å². The molecule has 3 rings (SSSR count). The maximum absolute atomic E-state index is 12.4. The molecule has 0 radical (unpaired) electrons. The van der Waals surface area contributed by atoms with Crippen LogP contribution in [0.15, 0.2) is 47.5 Å². The van der Waals surface area contributed by atoms with Crippen molar-refractivity contribution < 1.29 is 9.90 Å². The van der Waals surface area contributed by atoms with E-state index in [2.05, 4.69) is 20.5 Å². The zero-order valence-electron chi connectivity index (χ0n) is 15.8. The lowest BCUT2D eigenvalue weighted by molar-refractivity contribution is 0.0951. The quantitative estimate of drug-likeness (QED) is 0.571. The molecule has 7 nitrogen and oxygen atoms in total. The minimum Gasteiger partial charge on any atom is -0.507 e. The van der Waals surface area contributed by atoms with E-state index in [0.29, 0.717) is 23.4 Å². The minimum atomic E-state index is -0.541. The molecule has 0 spiro atoms. The third-order valence-electron chi connectivity index (χ3n) is 4.49. The highest BCUT2D eigenvalue weighted by Crippen LogP contribution is 2.27. The molecule has 3 aromatic rings. The molecule has 0 aliphatic carbocycles. The van der Waals surface area contributed by atoms with Crippen molar-refractivity contribution in [3.8, 4) is 17.0 Å². The molecular formula is C21H22N4O3. The maximum atomic E-state index is 12.4. The van der Waals surface area contributed by atoms with E-state index in [1.807, 2.05) is 12.1 Å². The van der Waals surface area contributed by atoms with Gasteiger partial charge in [0.15, 0.2) is 0 Å². The van der Waals surface area contributed by atoms with Crippen molar-refractivity contribution in [3.63, 3.8) is 0 Å². The number of nitrogens with one attached hydrogen (secondary N) is 2. The van der Waals surface area contributed by atoms with E-state index >= 15 is 0 Å². The molecule has 2 aromatic heterocycles. The van der Waals surface area contributed by atoms with Crippen molar-refractivity contribution in [3.05, 3.63) is 75.3 Å². The fourth-order valence-electron chi connectivity index (χ4n) is 2.96. The first-order valence-electron chi connectivity index (χ1n) is 9.03. The van der Waals surface area contributed by atoms with Crippen molar-refractivity contribution in [1.82, 2.24) is 20.5 Å². The number of phenols is 1. The fourth-order valence-corrected chi connectivity index (χ4v) is 2.96. The van der Waals surface area contributed by atoms with E-state index in [-0.39, 0.29) is 11.3 Å². The second-order valence-corrected chi connectivity index (χ2v) is 6.68. The van der Waals surface area contributed by atoms with Gasteiger partial charge < -0.3 is 10.4 Å². The van der Waals surface area contributed by atoms with E-state index in [1.54, 1.807) is 38.4 Å². The molecular weight excluding hydrogens is 356 g/mol. The van der Waals surface area contributed by atoms with Crippen molar-refractivity contribution >= 4 is 5.91 Å². The van der Waals surface area contributed by atoms with Crippen LogP contribution >= 0.6 is 0 Å². The average Bonchev–Trinajstić information content (AvgIpc) is 2.70. The molecule has 0 saturated carbocycles. The Morgan fingerprint density at radius 1 is 1.21 bits per heavy atom. The van der Waals surface area contributed by atoms with Crippen LogP contribution in [-0.4, -0.2) is 32.7 Å².